The molecule has 1 rings (SSSR count). The number of rotatable bonds is 6. The zero-order valence-electron chi connectivity index (χ0n) is 12.2. The van der Waals surface area contributed by atoms with Crippen LogP contribution in [-0.2, 0) is 4.79 Å². The van der Waals surface area contributed by atoms with Crippen LogP contribution in [0.2, 0.25) is 0 Å². The van der Waals surface area contributed by atoms with Gasteiger partial charge in [-0.05, 0) is 25.0 Å². The van der Waals surface area contributed by atoms with E-state index in [1.54, 1.807) is 19.0 Å². The fourth-order valence-electron chi connectivity index (χ4n) is 1.90. The summed E-state index contributed by atoms with van der Waals surface area (Å²) >= 11 is 0. The molecule has 106 valence electrons. The Kier molecular flexibility index (Phi) is 5.99. The average molecular weight is 264 g/mol. The Morgan fingerprint density at radius 3 is 2.58 bits per heavy atom. The van der Waals surface area contributed by atoms with Gasteiger partial charge in [0.15, 0.2) is 0 Å². The van der Waals surface area contributed by atoms with E-state index in [1.165, 1.54) is 0 Å². The van der Waals surface area contributed by atoms with Crippen molar-refractivity contribution in [3.8, 4) is 0 Å². The number of aryl methyl sites for hydroxylation is 1. The van der Waals surface area contributed by atoms with Crippen LogP contribution in [0.1, 0.15) is 30.6 Å². The molecule has 0 aliphatic carbocycles. The van der Waals surface area contributed by atoms with Gasteiger partial charge in [-0.3, -0.25) is 4.79 Å². The van der Waals surface area contributed by atoms with Crippen molar-refractivity contribution in [3.63, 3.8) is 0 Å². The number of carbonyl (C=O) groups excluding carboxylic acids is 1. The molecule has 19 heavy (non-hydrogen) atoms. The van der Waals surface area contributed by atoms with Crippen LogP contribution in [-0.4, -0.2) is 42.6 Å². The fourth-order valence-corrected chi connectivity index (χ4v) is 1.90. The molecule has 4 nitrogen and oxygen atoms in total. The van der Waals surface area contributed by atoms with Gasteiger partial charge in [-0.15, -0.1) is 0 Å². The first-order chi connectivity index (χ1) is 8.91. The molecular weight excluding hydrogens is 240 g/mol. The lowest BCUT2D eigenvalue weighted by atomic mass is 10.0. The Bertz CT molecular complexity index is 418. The molecule has 0 spiro atoms. The summed E-state index contributed by atoms with van der Waals surface area (Å²) in [6, 6.07) is 7.84. The third-order valence-corrected chi connectivity index (χ3v) is 3.19. The number of hydrogen-bond acceptors (Lipinski definition) is 3. The summed E-state index contributed by atoms with van der Waals surface area (Å²) in [5.41, 5.74) is 2.01. The average Bonchev–Trinajstić information content (AvgIpc) is 2.36. The van der Waals surface area contributed by atoms with E-state index in [0.717, 1.165) is 11.1 Å². The van der Waals surface area contributed by atoms with Gasteiger partial charge >= 0.3 is 0 Å². The molecule has 0 aliphatic heterocycles. The molecule has 0 aromatic heterocycles. The van der Waals surface area contributed by atoms with Gasteiger partial charge in [-0.2, -0.15) is 0 Å². The van der Waals surface area contributed by atoms with Crippen molar-refractivity contribution in [3.05, 3.63) is 35.4 Å². The smallest absolute Gasteiger partial charge is 0.223 e. The lowest BCUT2D eigenvalue weighted by molar-refractivity contribution is -0.129. The van der Waals surface area contributed by atoms with E-state index in [9.17, 15) is 9.90 Å². The summed E-state index contributed by atoms with van der Waals surface area (Å²) in [6.07, 6.45) is -0.105. The van der Waals surface area contributed by atoms with E-state index in [-0.39, 0.29) is 11.9 Å². The Hall–Kier alpha value is -1.39. The van der Waals surface area contributed by atoms with Crippen LogP contribution in [0.4, 0.5) is 0 Å². The first kappa shape index (κ1) is 15.7. The molecule has 0 bridgehead atoms. The molecule has 2 N–H and O–H groups in total. The second-order valence-electron chi connectivity index (χ2n) is 5.17. The van der Waals surface area contributed by atoms with Crippen molar-refractivity contribution in [1.82, 2.24) is 10.2 Å². The summed E-state index contributed by atoms with van der Waals surface area (Å²) in [7, 11) is 3.49. The van der Waals surface area contributed by atoms with Crippen LogP contribution < -0.4 is 5.32 Å². The maximum Gasteiger partial charge on any atom is 0.223 e. The Morgan fingerprint density at radius 1 is 1.37 bits per heavy atom. The summed E-state index contributed by atoms with van der Waals surface area (Å²) < 4.78 is 0. The van der Waals surface area contributed by atoms with Crippen LogP contribution in [0.25, 0.3) is 0 Å². The molecule has 0 saturated carbocycles. The Morgan fingerprint density at radius 2 is 2.00 bits per heavy atom. The lowest BCUT2D eigenvalue weighted by Crippen LogP contribution is -2.35. The van der Waals surface area contributed by atoms with Gasteiger partial charge in [0.25, 0.3) is 0 Å². The van der Waals surface area contributed by atoms with Crippen molar-refractivity contribution in [2.45, 2.75) is 32.4 Å². The van der Waals surface area contributed by atoms with Crippen LogP contribution in [0.5, 0.6) is 0 Å². The molecule has 0 fully saturated rings. The van der Waals surface area contributed by atoms with Gasteiger partial charge in [0, 0.05) is 33.1 Å². The van der Waals surface area contributed by atoms with Crippen molar-refractivity contribution < 1.29 is 9.90 Å². The first-order valence-electron chi connectivity index (χ1n) is 6.59. The second-order valence-corrected chi connectivity index (χ2v) is 5.17. The fraction of sp³-hybridized carbons (Fsp3) is 0.533. The Labute approximate surface area is 115 Å². The SMILES string of the molecule is Cc1ccccc1C(O)CNC(C)CC(=O)N(C)C. The normalized spacial score (nSPS) is 13.9. The molecule has 1 aromatic rings. The number of nitrogens with one attached hydrogen (secondary N) is 1. The van der Waals surface area contributed by atoms with Gasteiger partial charge in [0.1, 0.15) is 0 Å². The minimum Gasteiger partial charge on any atom is -0.387 e. The summed E-state index contributed by atoms with van der Waals surface area (Å²) in [6.45, 7) is 4.39. The number of hydrogen-bond donors (Lipinski definition) is 2. The van der Waals surface area contributed by atoms with Gasteiger partial charge < -0.3 is 15.3 Å². The third-order valence-electron chi connectivity index (χ3n) is 3.19. The van der Waals surface area contributed by atoms with E-state index >= 15 is 0 Å². The summed E-state index contributed by atoms with van der Waals surface area (Å²) in [5, 5.41) is 13.3. The van der Waals surface area contributed by atoms with E-state index in [2.05, 4.69) is 5.32 Å². The van der Waals surface area contributed by atoms with Crippen LogP contribution in [0.15, 0.2) is 24.3 Å². The molecule has 1 amide bonds. The molecule has 2 unspecified atom stereocenters. The van der Waals surface area contributed by atoms with Crippen LogP contribution in [0, 0.1) is 6.92 Å². The number of aliphatic hydroxyl groups is 1. The monoisotopic (exact) mass is 264 g/mol. The first-order valence-corrected chi connectivity index (χ1v) is 6.59. The lowest BCUT2D eigenvalue weighted by Gasteiger charge is -2.19. The number of benzene rings is 1. The third kappa shape index (κ3) is 5.01. The molecule has 0 heterocycles. The number of carbonyl (C=O) groups is 1. The highest BCUT2D eigenvalue weighted by Crippen LogP contribution is 2.16. The van der Waals surface area contributed by atoms with Gasteiger partial charge in [0.2, 0.25) is 5.91 Å². The van der Waals surface area contributed by atoms with E-state index in [1.807, 2.05) is 38.1 Å². The zero-order valence-corrected chi connectivity index (χ0v) is 12.2. The standard InChI is InChI=1S/C15H24N2O2/c1-11-7-5-6-8-13(11)14(18)10-16-12(2)9-15(19)17(3)4/h5-8,12,14,16,18H,9-10H2,1-4H3. The molecule has 0 aliphatic rings. The Balaban J connectivity index is 2.44. The number of nitrogens with zero attached hydrogens (tertiary/aromatic N) is 1. The second kappa shape index (κ2) is 7.26. The van der Waals surface area contributed by atoms with Crippen molar-refractivity contribution in [2.75, 3.05) is 20.6 Å². The quantitative estimate of drug-likeness (QED) is 0.818. The molecule has 1 aromatic carbocycles. The summed E-state index contributed by atoms with van der Waals surface area (Å²) in [5.74, 6) is 0.0883. The largest absolute Gasteiger partial charge is 0.387 e. The van der Waals surface area contributed by atoms with Crippen molar-refractivity contribution >= 4 is 5.91 Å². The van der Waals surface area contributed by atoms with Gasteiger partial charge in [0.05, 0.1) is 6.10 Å². The van der Waals surface area contributed by atoms with Crippen LogP contribution in [0.3, 0.4) is 0 Å². The molecule has 0 saturated heterocycles. The van der Waals surface area contributed by atoms with Crippen molar-refractivity contribution in [2.24, 2.45) is 0 Å². The summed E-state index contributed by atoms with van der Waals surface area (Å²) in [4.78, 5) is 13.1. The van der Waals surface area contributed by atoms with Gasteiger partial charge in [-0.25, -0.2) is 0 Å². The maximum absolute atomic E-state index is 11.5. The molecule has 0 radical (unpaired) electrons. The topological polar surface area (TPSA) is 52.6 Å². The maximum atomic E-state index is 11.5. The predicted molar refractivity (Wildman–Crippen MR) is 76.9 cm³/mol. The van der Waals surface area contributed by atoms with Crippen molar-refractivity contribution in [1.29, 1.82) is 0 Å². The van der Waals surface area contributed by atoms with E-state index < -0.39 is 6.10 Å². The number of aliphatic hydroxyl groups excluding tert-OH is 1. The predicted octanol–water partition coefficient (Wildman–Crippen LogP) is 1.48. The number of amides is 1. The molecule has 4 heteroatoms. The van der Waals surface area contributed by atoms with Gasteiger partial charge in [-0.1, -0.05) is 24.3 Å². The zero-order chi connectivity index (χ0) is 14.4. The highest BCUT2D eigenvalue weighted by atomic mass is 16.3. The minimum atomic E-state index is -0.543. The van der Waals surface area contributed by atoms with E-state index in [4.69, 9.17) is 0 Å². The van der Waals surface area contributed by atoms with E-state index in [0.29, 0.717) is 13.0 Å². The minimum absolute atomic E-state index is 0.0496. The van der Waals surface area contributed by atoms with Crippen LogP contribution >= 0.6 is 0 Å². The molecular formula is C15H24N2O2. The molecule has 2 atom stereocenters. The highest BCUT2D eigenvalue weighted by molar-refractivity contribution is 5.76. The highest BCUT2D eigenvalue weighted by Gasteiger charge is 2.14.